The quantitative estimate of drug-likeness (QED) is 0.568. The zero-order chi connectivity index (χ0) is 16.4. The minimum absolute atomic E-state index is 0.264. The van der Waals surface area contributed by atoms with E-state index in [4.69, 9.17) is 23.1 Å². The maximum Gasteiger partial charge on any atom is 0.280 e. The Morgan fingerprint density at radius 3 is 2.74 bits per heavy atom. The molecule has 4 N–H and O–H groups in total. The number of hydrogen-bond acceptors (Lipinski definition) is 2. The Hall–Kier alpha value is -2.86. The van der Waals surface area contributed by atoms with E-state index in [0.29, 0.717) is 22.6 Å². The van der Waals surface area contributed by atoms with Gasteiger partial charge in [0.25, 0.3) is 5.91 Å². The molecule has 1 heterocycles. The molecule has 7 heteroatoms. The van der Waals surface area contributed by atoms with E-state index in [9.17, 15) is 4.79 Å². The monoisotopic (exact) mass is 327 g/mol. The van der Waals surface area contributed by atoms with Gasteiger partial charge >= 0.3 is 0 Å². The van der Waals surface area contributed by atoms with Crippen molar-refractivity contribution in [2.45, 2.75) is 6.54 Å². The molecule has 0 radical (unpaired) electrons. The molecule has 0 fully saturated rings. The number of halogens is 1. The molecule has 0 saturated heterocycles. The van der Waals surface area contributed by atoms with Crippen LogP contribution in [0.25, 0.3) is 11.0 Å². The van der Waals surface area contributed by atoms with Crippen molar-refractivity contribution in [1.82, 2.24) is 9.55 Å². The average molecular weight is 328 g/mol. The van der Waals surface area contributed by atoms with E-state index in [1.165, 1.54) is 0 Å². The third-order valence-corrected chi connectivity index (χ3v) is 3.77. The number of carbonyl (C=O) groups is 1. The maximum atomic E-state index is 11.8. The van der Waals surface area contributed by atoms with Gasteiger partial charge in [-0.15, -0.1) is 0 Å². The van der Waals surface area contributed by atoms with Crippen LogP contribution in [0, 0.1) is 0 Å². The first-order chi connectivity index (χ1) is 11.0. The number of benzene rings is 2. The molecule has 2 aromatic carbocycles. The predicted molar refractivity (Wildman–Crippen MR) is 90.4 cm³/mol. The highest BCUT2D eigenvalue weighted by Crippen LogP contribution is 2.20. The largest absolute Gasteiger partial charge is 0.370 e. The van der Waals surface area contributed by atoms with Crippen LogP contribution in [0.15, 0.2) is 53.8 Å². The number of fused-ring (bicyclic) bond motifs is 1. The first-order valence-corrected chi connectivity index (χ1v) is 7.24. The SMILES string of the molecule is NC(N)=NC(=O)c1ccc2c(c1)ncn2Cc1ccccc1Cl. The number of rotatable bonds is 3. The average Bonchev–Trinajstić information content (AvgIpc) is 2.91. The lowest BCUT2D eigenvalue weighted by Gasteiger charge is -2.06. The summed E-state index contributed by atoms with van der Waals surface area (Å²) in [6.45, 7) is 0.595. The number of amides is 1. The van der Waals surface area contributed by atoms with E-state index in [2.05, 4.69) is 9.98 Å². The van der Waals surface area contributed by atoms with Crippen LogP contribution in [0.5, 0.6) is 0 Å². The molecule has 0 unspecified atom stereocenters. The van der Waals surface area contributed by atoms with E-state index in [1.807, 2.05) is 34.9 Å². The summed E-state index contributed by atoms with van der Waals surface area (Å²) in [6, 6.07) is 12.8. The van der Waals surface area contributed by atoms with Gasteiger partial charge in [0.05, 0.1) is 23.9 Å². The van der Waals surface area contributed by atoms with Gasteiger partial charge in [-0.25, -0.2) is 4.98 Å². The highest BCUT2D eigenvalue weighted by molar-refractivity contribution is 6.31. The first-order valence-electron chi connectivity index (χ1n) is 6.87. The summed E-state index contributed by atoms with van der Waals surface area (Å²) in [4.78, 5) is 19.7. The number of guanidine groups is 1. The normalized spacial score (nSPS) is 10.7. The predicted octanol–water partition coefficient (Wildman–Crippen LogP) is 2.15. The molecule has 23 heavy (non-hydrogen) atoms. The Kier molecular flexibility index (Phi) is 3.99. The van der Waals surface area contributed by atoms with Crippen LogP contribution in [-0.4, -0.2) is 21.4 Å². The van der Waals surface area contributed by atoms with Gasteiger partial charge in [-0.05, 0) is 29.8 Å². The van der Waals surface area contributed by atoms with Crippen molar-refractivity contribution in [2.24, 2.45) is 16.5 Å². The second-order valence-corrected chi connectivity index (χ2v) is 5.42. The Morgan fingerprint density at radius 1 is 1.22 bits per heavy atom. The van der Waals surface area contributed by atoms with Crippen LogP contribution in [0.4, 0.5) is 0 Å². The molecule has 0 spiro atoms. The second-order valence-electron chi connectivity index (χ2n) is 5.01. The summed E-state index contributed by atoms with van der Waals surface area (Å²) in [5.41, 5.74) is 13.4. The summed E-state index contributed by atoms with van der Waals surface area (Å²) in [5.74, 6) is -0.758. The summed E-state index contributed by atoms with van der Waals surface area (Å²) < 4.78 is 1.96. The van der Waals surface area contributed by atoms with Gasteiger partial charge in [0.2, 0.25) is 0 Å². The third-order valence-electron chi connectivity index (χ3n) is 3.40. The molecular formula is C16H14ClN5O. The highest BCUT2D eigenvalue weighted by atomic mass is 35.5. The van der Waals surface area contributed by atoms with Gasteiger partial charge in [-0.2, -0.15) is 4.99 Å². The number of aromatic nitrogens is 2. The second kappa shape index (κ2) is 6.10. The summed E-state index contributed by atoms with van der Waals surface area (Å²) in [6.07, 6.45) is 1.71. The van der Waals surface area contributed by atoms with Gasteiger partial charge < -0.3 is 16.0 Å². The standard InChI is InChI=1S/C16H14ClN5O/c17-12-4-2-1-3-11(12)8-22-9-20-13-7-10(5-6-14(13)22)15(23)21-16(18)19/h1-7,9H,8H2,(H4,18,19,21,23). The van der Waals surface area contributed by atoms with Crippen LogP contribution in [0.1, 0.15) is 15.9 Å². The van der Waals surface area contributed by atoms with Crippen molar-refractivity contribution in [2.75, 3.05) is 0 Å². The Balaban J connectivity index is 1.95. The number of imidazole rings is 1. The number of hydrogen-bond donors (Lipinski definition) is 2. The van der Waals surface area contributed by atoms with E-state index in [-0.39, 0.29) is 5.96 Å². The smallest absolute Gasteiger partial charge is 0.280 e. The van der Waals surface area contributed by atoms with Crippen molar-refractivity contribution in [3.8, 4) is 0 Å². The number of aliphatic imine (C=N–C) groups is 1. The minimum atomic E-state index is -0.493. The lowest BCUT2D eigenvalue weighted by Crippen LogP contribution is -2.24. The van der Waals surface area contributed by atoms with Crippen molar-refractivity contribution < 1.29 is 4.79 Å². The highest BCUT2D eigenvalue weighted by Gasteiger charge is 2.10. The minimum Gasteiger partial charge on any atom is -0.370 e. The summed E-state index contributed by atoms with van der Waals surface area (Å²) in [5, 5.41) is 0.703. The van der Waals surface area contributed by atoms with E-state index < -0.39 is 5.91 Å². The fraction of sp³-hybridized carbons (Fsp3) is 0.0625. The van der Waals surface area contributed by atoms with E-state index >= 15 is 0 Å². The molecule has 0 aliphatic heterocycles. The fourth-order valence-corrected chi connectivity index (χ4v) is 2.51. The van der Waals surface area contributed by atoms with Gasteiger partial charge in [0, 0.05) is 10.6 Å². The molecule has 116 valence electrons. The lowest BCUT2D eigenvalue weighted by atomic mass is 10.2. The third kappa shape index (κ3) is 3.17. The molecule has 1 amide bonds. The maximum absolute atomic E-state index is 11.8. The number of nitrogens with zero attached hydrogens (tertiary/aromatic N) is 3. The zero-order valence-corrected chi connectivity index (χ0v) is 12.9. The van der Waals surface area contributed by atoms with Crippen molar-refractivity contribution >= 4 is 34.5 Å². The summed E-state index contributed by atoms with van der Waals surface area (Å²) in [7, 11) is 0. The molecule has 1 aromatic heterocycles. The first kappa shape index (κ1) is 15.1. The van der Waals surface area contributed by atoms with Gasteiger partial charge in [-0.3, -0.25) is 4.79 Å². The number of nitrogens with two attached hydrogens (primary N) is 2. The summed E-state index contributed by atoms with van der Waals surface area (Å²) >= 11 is 6.19. The fourth-order valence-electron chi connectivity index (χ4n) is 2.31. The number of carbonyl (C=O) groups excluding carboxylic acids is 1. The molecule has 0 bridgehead atoms. The van der Waals surface area contributed by atoms with Crippen molar-refractivity contribution in [1.29, 1.82) is 0 Å². The topological polar surface area (TPSA) is 99.3 Å². The molecule has 0 aliphatic rings. The Bertz CT molecular complexity index is 912. The van der Waals surface area contributed by atoms with Crippen LogP contribution in [-0.2, 0) is 6.54 Å². The van der Waals surface area contributed by atoms with Crippen molar-refractivity contribution in [3.63, 3.8) is 0 Å². The van der Waals surface area contributed by atoms with E-state index in [0.717, 1.165) is 11.1 Å². The Morgan fingerprint density at radius 2 is 2.00 bits per heavy atom. The molecule has 0 atom stereocenters. The van der Waals surface area contributed by atoms with Crippen LogP contribution in [0.3, 0.4) is 0 Å². The lowest BCUT2D eigenvalue weighted by molar-refractivity contribution is 0.100. The van der Waals surface area contributed by atoms with Crippen LogP contribution >= 0.6 is 11.6 Å². The van der Waals surface area contributed by atoms with E-state index in [1.54, 1.807) is 18.5 Å². The van der Waals surface area contributed by atoms with Gasteiger partial charge in [-0.1, -0.05) is 29.8 Å². The van der Waals surface area contributed by atoms with Gasteiger partial charge in [0.15, 0.2) is 5.96 Å². The molecule has 3 rings (SSSR count). The van der Waals surface area contributed by atoms with Crippen LogP contribution in [0.2, 0.25) is 5.02 Å². The molecule has 0 saturated carbocycles. The molecule has 3 aromatic rings. The molecular weight excluding hydrogens is 314 g/mol. The Labute approximate surface area is 137 Å². The van der Waals surface area contributed by atoms with Crippen molar-refractivity contribution in [3.05, 3.63) is 64.9 Å². The molecule has 6 nitrogen and oxygen atoms in total. The van der Waals surface area contributed by atoms with Crippen LogP contribution < -0.4 is 11.5 Å². The molecule has 0 aliphatic carbocycles. The zero-order valence-electron chi connectivity index (χ0n) is 12.1. The van der Waals surface area contributed by atoms with Gasteiger partial charge in [0.1, 0.15) is 0 Å².